The highest BCUT2D eigenvalue weighted by Gasteiger charge is 2.09. The van der Waals surface area contributed by atoms with Crippen LogP contribution in [0.1, 0.15) is 11.1 Å². The van der Waals surface area contributed by atoms with Crippen molar-refractivity contribution in [3.8, 4) is 28.5 Å². The van der Waals surface area contributed by atoms with Gasteiger partial charge in [0.25, 0.3) is 0 Å². The van der Waals surface area contributed by atoms with Gasteiger partial charge in [0.2, 0.25) is 5.88 Å². The molecule has 0 amide bonds. The van der Waals surface area contributed by atoms with Crippen molar-refractivity contribution in [3.05, 3.63) is 84.3 Å². The van der Waals surface area contributed by atoms with Crippen LogP contribution in [0, 0.1) is 0 Å². The molecule has 4 aromatic rings. The van der Waals surface area contributed by atoms with E-state index in [1.54, 1.807) is 26.6 Å². The van der Waals surface area contributed by atoms with Crippen molar-refractivity contribution in [2.75, 3.05) is 20.0 Å². The number of benzene rings is 2. The smallest absolute Gasteiger partial charge is 0.237 e. The van der Waals surface area contributed by atoms with E-state index in [0.717, 1.165) is 33.8 Å². The van der Waals surface area contributed by atoms with Crippen LogP contribution >= 0.6 is 0 Å². The Balaban J connectivity index is 1.41. The standard InChI is InChI=1S/C24H24N4O3/c1-29-21-7-3-17(4-8-21)14-28-15-20(13-27-28)19-11-23(25)24(26-12-19)31-16-18-5-9-22(30-2)10-6-18/h3-13,15H,14,16,25H2,1-2H3. The number of rotatable bonds is 8. The summed E-state index contributed by atoms with van der Waals surface area (Å²) in [7, 11) is 3.30. The van der Waals surface area contributed by atoms with E-state index in [2.05, 4.69) is 10.1 Å². The molecule has 2 aromatic heterocycles. The Bertz CT molecular complexity index is 1140. The van der Waals surface area contributed by atoms with Gasteiger partial charge in [-0.3, -0.25) is 4.68 Å². The molecule has 31 heavy (non-hydrogen) atoms. The maximum Gasteiger partial charge on any atom is 0.237 e. The number of methoxy groups -OCH3 is 2. The molecule has 0 radical (unpaired) electrons. The summed E-state index contributed by atoms with van der Waals surface area (Å²) < 4.78 is 18.0. The van der Waals surface area contributed by atoms with Gasteiger partial charge in [-0.15, -0.1) is 0 Å². The molecular weight excluding hydrogens is 392 g/mol. The summed E-state index contributed by atoms with van der Waals surface area (Å²) in [5, 5.41) is 4.45. The zero-order valence-corrected chi connectivity index (χ0v) is 17.5. The largest absolute Gasteiger partial charge is 0.497 e. The van der Waals surface area contributed by atoms with Gasteiger partial charge >= 0.3 is 0 Å². The first-order valence-corrected chi connectivity index (χ1v) is 9.81. The first-order chi connectivity index (χ1) is 15.1. The molecule has 0 fully saturated rings. The van der Waals surface area contributed by atoms with Crippen molar-refractivity contribution in [1.29, 1.82) is 0 Å². The fourth-order valence-electron chi connectivity index (χ4n) is 3.14. The number of ether oxygens (including phenoxy) is 3. The second kappa shape index (κ2) is 9.21. The number of pyridine rings is 1. The minimum atomic E-state index is 0.375. The fraction of sp³-hybridized carbons (Fsp3) is 0.167. The molecule has 4 rings (SSSR count). The summed E-state index contributed by atoms with van der Waals surface area (Å²) in [5.41, 5.74) is 10.6. The Morgan fingerprint density at radius 2 is 1.48 bits per heavy atom. The monoisotopic (exact) mass is 416 g/mol. The second-order valence-corrected chi connectivity index (χ2v) is 7.03. The fourth-order valence-corrected chi connectivity index (χ4v) is 3.14. The Morgan fingerprint density at radius 3 is 2.10 bits per heavy atom. The Hall–Kier alpha value is -4.00. The molecule has 7 nitrogen and oxygen atoms in total. The third-order valence-electron chi connectivity index (χ3n) is 4.88. The molecule has 2 aromatic carbocycles. The van der Waals surface area contributed by atoms with E-state index < -0.39 is 0 Å². The molecule has 0 saturated carbocycles. The SMILES string of the molecule is COc1ccc(COc2ncc(-c3cnn(Cc4ccc(OC)cc4)c3)cc2N)cc1. The van der Waals surface area contributed by atoms with E-state index in [0.29, 0.717) is 24.7 Å². The summed E-state index contributed by atoms with van der Waals surface area (Å²) in [5.74, 6) is 2.05. The van der Waals surface area contributed by atoms with Crippen LogP contribution in [-0.4, -0.2) is 29.0 Å². The molecule has 0 aliphatic rings. The highest BCUT2D eigenvalue weighted by atomic mass is 16.5. The van der Waals surface area contributed by atoms with Crippen molar-refractivity contribution < 1.29 is 14.2 Å². The predicted octanol–water partition coefficient (Wildman–Crippen LogP) is 4.17. The minimum absolute atomic E-state index is 0.375. The summed E-state index contributed by atoms with van der Waals surface area (Å²) in [6, 6.07) is 17.4. The summed E-state index contributed by atoms with van der Waals surface area (Å²) >= 11 is 0. The number of anilines is 1. The molecule has 0 spiro atoms. The van der Waals surface area contributed by atoms with Crippen LogP contribution in [0.2, 0.25) is 0 Å². The van der Waals surface area contributed by atoms with Gasteiger partial charge in [-0.1, -0.05) is 24.3 Å². The molecule has 7 heteroatoms. The molecule has 0 atom stereocenters. The van der Waals surface area contributed by atoms with Crippen molar-refractivity contribution in [3.63, 3.8) is 0 Å². The van der Waals surface area contributed by atoms with E-state index in [-0.39, 0.29) is 0 Å². The molecule has 0 aliphatic carbocycles. The number of nitrogens with two attached hydrogens (primary N) is 1. The third-order valence-corrected chi connectivity index (χ3v) is 4.88. The van der Waals surface area contributed by atoms with Gasteiger partial charge in [0.05, 0.1) is 32.6 Å². The van der Waals surface area contributed by atoms with Crippen molar-refractivity contribution >= 4 is 5.69 Å². The zero-order chi connectivity index (χ0) is 21.6. The van der Waals surface area contributed by atoms with E-state index in [4.69, 9.17) is 19.9 Å². The van der Waals surface area contributed by atoms with Crippen molar-refractivity contribution in [2.45, 2.75) is 13.2 Å². The molecule has 0 bridgehead atoms. The van der Waals surface area contributed by atoms with Gasteiger partial charge in [0, 0.05) is 23.5 Å². The molecule has 0 unspecified atom stereocenters. The van der Waals surface area contributed by atoms with Crippen molar-refractivity contribution in [1.82, 2.24) is 14.8 Å². The van der Waals surface area contributed by atoms with E-state index >= 15 is 0 Å². The predicted molar refractivity (Wildman–Crippen MR) is 119 cm³/mol. The van der Waals surface area contributed by atoms with Gasteiger partial charge in [-0.2, -0.15) is 5.10 Å². The molecule has 2 N–H and O–H groups in total. The summed E-state index contributed by atoms with van der Waals surface area (Å²) in [4.78, 5) is 4.39. The Labute approximate surface area is 181 Å². The normalized spacial score (nSPS) is 10.6. The highest BCUT2D eigenvalue weighted by molar-refractivity contribution is 5.67. The van der Waals surface area contributed by atoms with E-state index in [1.807, 2.05) is 65.5 Å². The van der Waals surface area contributed by atoms with Gasteiger partial charge in [0.15, 0.2) is 0 Å². The first-order valence-electron chi connectivity index (χ1n) is 9.81. The average molecular weight is 416 g/mol. The number of nitrogens with zero attached hydrogens (tertiary/aromatic N) is 3. The number of hydrogen-bond acceptors (Lipinski definition) is 6. The topological polar surface area (TPSA) is 84.4 Å². The lowest BCUT2D eigenvalue weighted by Crippen LogP contribution is -2.01. The van der Waals surface area contributed by atoms with Crippen molar-refractivity contribution in [2.24, 2.45) is 0 Å². The Morgan fingerprint density at radius 1 is 0.839 bits per heavy atom. The third kappa shape index (κ3) is 4.95. The minimum Gasteiger partial charge on any atom is -0.497 e. The van der Waals surface area contributed by atoms with Crippen LogP contribution in [0.25, 0.3) is 11.1 Å². The van der Waals surface area contributed by atoms with Crippen LogP contribution in [0.3, 0.4) is 0 Å². The molecule has 158 valence electrons. The van der Waals surface area contributed by atoms with Crippen LogP contribution in [0.15, 0.2) is 73.2 Å². The molecule has 0 aliphatic heterocycles. The maximum atomic E-state index is 6.18. The van der Waals surface area contributed by atoms with Crippen LogP contribution in [-0.2, 0) is 13.2 Å². The van der Waals surface area contributed by atoms with Crippen LogP contribution in [0.5, 0.6) is 17.4 Å². The number of aromatic nitrogens is 3. The van der Waals surface area contributed by atoms with Crippen LogP contribution in [0.4, 0.5) is 5.69 Å². The summed E-state index contributed by atoms with van der Waals surface area (Å²) in [6.07, 6.45) is 5.52. The van der Waals surface area contributed by atoms with E-state index in [1.165, 1.54) is 0 Å². The number of hydrogen-bond donors (Lipinski definition) is 1. The molecule has 2 heterocycles. The van der Waals surface area contributed by atoms with Gasteiger partial charge in [-0.05, 0) is 41.5 Å². The lowest BCUT2D eigenvalue weighted by Gasteiger charge is -2.09. The molecule has 0 saturated heterocycles. The second-order valence-electron chi connectivity index (χ2n) is 7.03. The van der Waals surface area contributed by atoms with Crippen LogP contribution < -0.4 is 19.9 Å². The number of nitrogen functional groups attached to an aromatic ring is 1. The average Bonchev–Trinajstić information content (AvgIpc) is 3.27. The summed E-state index contributed by atoms with van der Waals surface area (Å²) in [6.45, 7) is 1.04. The quantitative estimate of drug-likeness (QED) is 0.464. The van der Waals surface area contributed by atoms with Gasteiger partial charge < -0.3 is 19.9 Å². The lowest BCUT2D eigenvalue weighted by atomic mass is 10.1. The Kier molecular flexibility index (Phi) is 6.03. The van der Waals surface area contributed by atoms with Gasteiger partial charge in [-0.25, -0.2) is 4.98 Å². The van der Waals surface area contributed by atoms with E-state index in [9.17, 15) is 0 Å². The first kappa shape index (κ1) is 20.3. The lowest BCUT2D eigenvalue weighted by molar-refractivity contribution is 0.295. The molecular formula is C24H24N4O3. The van der Waals surface area contributed by atoms with Gasteiger partial charge in [0.1, 0.15) is 18.1 Å². The highest BCUT2D eigenvalue weighted by Crippen LogP contribution is 2.27. The zero-order valence-electron chi connectivity index (χ0n) is 17.5. The maximum absolute atomic E-state index is 6.18.